The molecule has 13 heavy (non-hydrogen) atoms. The molecule has 1 rings (SSSR count). The number of carbonyl (C=O) groups is 1. The van der Waals surface area contributed by atoms with Gasteiger partial charge in [0.1, 0.15) is 0 Å². The molecule has 0 heterocycles. The highest BCUT2D eigenvalue weighted by atomic mass is 19.3. The molecule has 0 spiro atoms. The summed E-state index contributed by atoms with van der Waals surface area (Å²) in [5, 5.41) is 8.21. The van der Waals surface area contributed by atoms with Gasteiger partial charge in [0.2, 0.25) is 0 Å². The molecule has 0 saturated heterocycles. The monoisotopic (exact) mass is 186 g/mol. The van der Waals surface area contributed by atoms with E-state index >= 15 is 0 Å². The molecular formula is C9H8F2O2. The number of benzene rings is 1. The fraction of sp³-hybridized carbons (Fsp3) is 0.222. The van der Waals surface area contributed by atoms with E-state index in [2.05, 4.69) is 0 Å². The van der Waals surface area contributed by atoms with Gasteiger partial charge in [0.15, 0.2) is 0 Å². The summed E-state index contributed by atoms with van der Waals surface area (Å²) in [6, 6.07) is 5.13. The zero-order valence-corrected chi connectivity index (χ0v) is 6.92. The van der Waals surface area contributed by atoms with E-state index in [1.54, 1.807) is 6.92 Å². The number of carboxylic acid groups (broad SMARTS) is 1. The molecule has 0 unspecified atom stereocenters. The van der Waals surface area contributed by atoms with E-state index in [1.807, 2.05) is 0 Å². The SMILES string of the molecule is Cc1ccc(C(F)(F)C(=O)O)cc1. The highest BCUT2D eigenvalue weighted by Gasteiger charge is 2.40. The molecule has 0 aromatic heterocycles. The Morgan fingerprint density at radius 3 is 2.15 bits per heavy atom. The molecule has 70 valence electrons. The molecule has 0 saturated carbocycles. The Morgan fingerprint density at radius 2 is 1.77 bits per heavy atom. The van der Waals surface area contributed by atoms with Crippen LogP contribution < -0.4 is 0 Å². The maximum Gasteiger partial charge on any atom is 0.379 e. The zero-order valence-electron chi connectivity index (χ0n) is 6.92. The number of hydrogen-bond donors (Lipinski definition) is 1. The first-order chi connectivity index (χ1) is 5.94. The summed E-state index contributed by atoms with van der Waals surface area (Å²) in [5.74, 6) is -5.93. The van der Waals surface area contributed by atoms with Gasteiger partial charge in [0.05, 0.1) is 0 Å². The zero-order chi connectivity index (χ0) is 10.1. The Labute approximate surface area is 73.8 Å². The van der Waals surface area contributed by atoms with E-state index in [4.69, 9.17) is 5.11 Å². The molecule has 0 aliphatic rings. The highest BCUT2D eigenvalue weighted by molar-refractivity contribution is 5.77. The molecular weight excluding hydrogens is 178 g/mol. The molecule has 0 aliphatic heterocycles. The van der Waals surface area contributed by atoms with Crippen LogP contribution in [0.25, 0.3) is 0 Å². The summed E-state index contributed by atoms with van der Waals surface area (Å²) in [7, 11) is 0. The van der Waals surface area contributed by atoms with Crippen LogP contribution >= 0.6 is 0 Å². The highest BCUT2D eigenvalue weighted by Crippen LogP contribution is 2.27. The minimum Gasteiger partial charge on any atom is -0.477 e. The molecule has 1 aromatic rings. The van der Waals surface area contributed by atoms with Crippen LogP contribution in [0.5, 0.6) is 0 Å². The fourth-order valence-electron chi connectivity index (χ4n) is 0.886. The van der Waals surface area contributed by atoms with E-state index in [0.29, 0.717) is 0 Å². The van der Waals surface area contributed by atoms with Crippen molar-refractivity contribution in [1.82, 2.24) is 0 Å². The number of rotatable bonds is 2. The maximum absolute atomic E-state index is 12.8. The van der Waals surface area contributed by atoms with Crippen molar-refractivity contribution in [2.45, 2.75) is 12.8 Å². The quantitative estimate of drug-likeness (QED) is 0.768. The Balaban J connectivity index is 3.08. The predicted molar refractivity (Wildman–Crippen MR) is 42.7 cm³/mol. The third-order valence-electron chi connectivity index (χ3n) is 1.68. The third kappa shape index (κ3) is 1.83. The third-order valence-corrected chi connectivity index (χ3v) is 1.68. The van der Waals surface area contributed by atoms with Gasteiger partial charge in [-0.1, -0.05) is 29.8 Å². The second-order valence-corrected chi connectivity index (χ2v) is 2.75. The smallest absolute Gasteiger partial charge is 0.379 e. The largest absolute Gasteiger partial charge is 0.477 e. The summed E-state index contributed by atoms with van der Waals surface area (Å²) < 4.78 is 25.6. The summed E-state index contributed by atoms with van der Waals surface area (Å²) in [6.45, 7) is 1.74. The minimum atomic E-state index is -3.80. The molecule has 1 N–H and O–H groups in total. The van der Waals surface area contributed by atoms with Gasteiger partial charge in [0, 0.05) is 5.56 Å². The Hall–Kier alpha value is -1.45. The van der Waals surface area contributed by atoms with E-state index in [-0.39, 0.29) is 0 Å². The van der Waals surface area contributed by atoms with Crippen molar-refractivity contribution in [2.24, 2.45) is 0 Å². The number of aliphatic carboxylic acids is 1. The van der Waals surface area contributed by atoms with Gasteiger partial charge in [0.25, 0.3) is 0 Å². The van der Waals surface area contributed by atoms with Gasteiger partial charge in [-0.2, -0.15) is 8.78 Å². The molecule has 0 radical (unpaired) electrons. The average molecular weight is 186 g/mol. The normalized spacial score (nSPS) is 11.3. The fourth-order valence-corrected chi connectivity index (χ4v) is 0.886. The van der Waals surface area contributed by atoms with E-state index < -0.39 is 17.5 Å². The second-order valence-electron chi connectivity index (χ2n) is 2.75. The molecule has 2 nitrogen and oxygen atoms in total. The van der Waals surface area contributed by atoms with E-state index in [1.165, 1.54) is 12.1 Å². The van der Waals surface area contributed by atoms with Crippen molar-refractivity contribution in [3.63, 3.8) is 0 Å². The van der Waals surface area contributed by atoms with E-state index in [9.17, 15) is 13.6 Å². The van der Waals surface area contributed by atoms with Crippen molar-refractivity contribution in [3.05, 3.63) is 35.4 Å². The van der Waals surface area contributed by atoms with Gasteiger partial charge in [-0.25, -0.2) is 4.79 Å². The van der Waals surface area contributed by atoms with Crippen LogP contribution in [-0.2, 0) is 10.7 Å². The van der Waals surface area contributed by atoms with Crippen LogP contribution in [0.2, 0.25) is 0 Å². The Morgan fingerprint density at radius 1 is 1.31 bits per heavy atom. The number of alkyl halides is 2. The summed E-state index contributed by atoms with van der Waals surface area (Å²) in [5.41, 5.74) is 0.315. The first-order valence-electron chi connectivity index (χ1n) is 3.63. The van der Waals surface area contributed by atoms with Gasteiger partial charge in [-0.15, -0.1) is 0 Å². The summed E-state index contributed by atoms with van der Waals surface area (Å²) in [6.07, 6.45) is 0. The van der Waals surface area contributed by atoms with Crippen LogP contribution in [0.3, 0.4) is 0 Å². The first kappa shape index (κ1) is 9.64. The van der Waals surface area contributed by atoms with Crippen molar-refractivity contribution < 1.29 is 18.7 Å². The van der Waals surface area contributed by atoms with Gasteiger partial charge in [-0.05, 0) is 6.92 Å². The lowest BCUT2D eigenvalue weighted by Crippen LogP contribution is -2.25. The van der Waals surface area contributed by atoms with Crippen LogP contribution in [0, 0.1) is 6.92 Å². The van der Waals surface area contributed by atoms with Crippen LogP contribution in [0.4, 0.5) is 8.78 Å². The number of halogens is 2. The molecule has 0 aliphatic carbocycles. The predicted octanol–water partition coefficient (Wildman–Crippen LogP) is 2.17. The van der Waals surface area contributed by atoms with Crippen molar-refractivity contribution in [3.8, 4) is 0 Å². The van der Waals surface area contributed by atoms with Crippen LogP contribution in [0.15, 0.2) is 24.3 Å². The van der Waals surface area contributed by atoms with Gasteiger partial charge >= 0.3 is 11.9 Å². The molecule has 0 fully saturated rings. The van der Waals surface area contributed by atoms with Crippen molar-refractivity contribution >= 4 is 5.97 Å². The lowest BCUT2D eigenvalue weighted by Gasteiger charge is -2.10. The Bertz CT molecular complexity index is 317. The van der Waals surface area contributed by atoms with Gasteiger partial charge < -0.3 is 5.11 Å². The van der Waals surface area contributed by atoms with Crippen LogP contribution in [0.1, 0.15) is 11.1 Å². The first-order valence-corrected chi connectivity index (χ1v) is 3.63. The Kier molecular flexibility index (Phi) is 2.32. The molecule has 0 amide bonds. The topological polar surface area (TPSA) is 37.3 Å². The van der Waals surface area contributed by atoms with Crippen LogP contribution in [-0.4, -0.2) is 11.1 Å². The van der Waals surface area contributed by atoms with Crippen molar-refractivity contribution in [1.29, 1.82) is 0 Å². The number of aryl methyl sites for hydroxylation is 1. The molecule has 4 heteroatoms. The number of carboxylic acids is 1. The van der Waals surface area contributed by atoms with E-state index in [0.717, 1.165) is 17.7 Å². The summed E-state index contributed by atoms with van der Waals surface area (Å²) >= 11 is 0. The summed E-state index contributed by atoms with van der Waals surface area (Å²) in [4.78, 5) is 10.2. The molecule has 0 atom stereocenters. The average Bonchev–Trinajstić information content (AvgIpc) is 2.04. The molecule has 0 bridgehead atoms. The number of hydrogen-bond acceptors (Lipinski definition) is 1. The minimum absolute atomic E-state index is 0.495. The van der Waals surface area contributed by atoms with Gasteiger partial charge in [-0.3, -0.25) is 0 Å². The standard InChI is InChI=1S/C9H8F2O2/c1-6-2-4-7(5-3-6)9(10,11)8(12)13/h2-5H,1H3,(H,12,13). The second kappa shape index (κ2) is 3.12. The lowest BCUT2D eigenvalue weighted by molar-refractivity contribution is -0.166. The molecule has 1 aromatic carbocycles. The maximum atomic E-state index is 12.8. The lowest BCUT2D eigenvalue weighted by atomic mass is 10.1. The van der Waals surface area contributed by atoms with Crippen molar-refractivity contribution in [2.75, 3.05) is 0 Å².